The minimum atomic E-state index is -2.07. The SMILES string of the molecule is CC(C)[C@@H]1CC[C@@H](C)C[C@H]1OC(=O)OCOC(=O)[C@H]1[C@@H]2C[C@H](F)[C@@](N)(C(=O)O)[C@@H]21. The van der Waals surface area contributed by atoms with Gasteiger partial charge in [-0.05, 0) is 42.9 Å². The smallest absolute Gasteiger partial charge is 0.480 e. The molecule has 0 bridgehead atoms. The zero-order chi connectivity index (χ0) is 21.5. The first-order chi connectivity index (χ1) is 13.6. The molecule has 3 N–H and O–H groups in total. The van der Waals surface area contributed by atoms with Crippen molar-refractivity contribution in [1.82, 2.24) is 0 Å². The van der Waals surface area contributed by atoms with Crippen molar-refractivity contribution in [2.24, 2.45) is 41.2 Å². The lowest BCUT2D eigenvalue weighted by Gasteiger charge is -2.36. The van der Waals surface area contributed by atoms with Crippen LogP contribution in [0.3, 0.4) is 0 Å². The van der Waals surface area contributed by atoms with Crippen LogP contribution in [0, 0.1) is 35.5 Å². The van der Waals surface area contributed by atoms with Crippen molar-refractivity contribution in [2.75, 3.05) is 6.79 Å². The minimum Gasteiger partial charge on any atom is -0.480 e. The fraction of sp³-hybridized carbons (Fsp3) is 0.850. The summed E-state index contributed by atoms with van der Waals surface area (Å²) < 4.78 is 29.1. The molecule has 0 amide bonds. The van der Waals surface area contributed by atoms with Crippen molar-refractivity contribution >= 4 is 18.1 Å². The van der Waals surface area contributed by atoms with Crippen LogP contribution in [-0.2, 0) is 23.8 Å². The number of halogens is 1. The maximum Gasteiger partial charge on any atom is 0.511 e. The van der Waals surface area contributed by atoms with Gasteiger partial charge in [0.25, 0.3) is 0 Å². The monoisotopic (exact) mass is 415 g/mol. The summed E-state index contributed by atoms with van der Waals surface area (Å²) in [4.78, 5) is 35.5. The number of carboxylic acid groups (broad SMARTS) is 1. The van der Waals surface area contributed by atoms with Gasteiger partial charge in [-0.15, -0.1) is 0 Å². The number of hydrogen-bond acceptors (Lipinski definition) is 7. The Morgan fingerprint density at radius 2 is 1.90 bits per heavy atom. The second-order valence-corrected chi connectivity index (χ2v) is 9.11. The molecule has 0 radical (unpaired) electrons. The Morgan fingerprint density at radius 3 is 2.52 bits per heavy atom. The maximum absolute atomic E-state index is 13.9. The lowest BCUT2D eigenvalue weighted by atomic mass is 9.75. The van der Waals surface area contributed by atoms with Gasteiger partial charge in [0.1, 0.15) is 17.8 Å². The van der Waals surface area contributed by atoms with Crippen LogP contribution in [-0.4, -0.2) is 47.8 Å². The molecule has 3 saturated carbocycles. The van der Waals surface area contributed by atoms with Gasteiger partial charge in [-0.2, -0.15) is 0 Å². The third kappa shape index (κ3) is 4.06. The van der Waals surface area contributed by atoms with Gasteiger partial charge in [-0.1, -0.05) is 27.2 Å². The number of esters is 1. The number of rotatable bonds is 6. The predicted molar refractivity (Wildman–Crippen MR) is 98.2 cm³/mol. The fourth-order valence-electron chi connectivity index (χ4n) is 5.20. The number of carbonyl (C=O) groups excluding carboxylic acids is 2. The Balaban J connectivity index is 1.44. The average Bonchev–Trinajstić information content (AvgIpc) is 3.27. The van der Waals surface area contributed by atoms with E-state index in [-0.39, 0.29) is 18.4 Å². The molecule has 3 aliphatic carbocycles. The van der Waals surface area contributed by atoms with Crippen LogP contribution in [0.15, 0.2) is 0 Å². The number of nitrogens with two attached hydrogens (primary N) is 1. The standard InChI is InChI=1S/C20H30FNO7/c1-9(2)11-5-4-10(3)6-13(11)29-19(26)28-8-27-17(23)15-12-7-14(21)20(22,16(12)15)18(24)25/h9-16H,4-8,22H2,1-3H3,(H,24,25)/t10-,11+,12+,13-,14+,15+,16+,20+/m1/s1. The molecule has 29 heavy (non-hydrogen) atoms. The average molecular weight is 415 g/mol. The molecule has 0 unspecified atom stereocenters. The van der Waals surface area contributed by atoms with E-state index in [9.17, 15) is 23.9 Å². The van der Waals surface area contributed by atoms with E-state index < -0.39 is 54.4 Å². The number of alkyl halides is 1. The second kappa shape index (κ2) is 8.08. The molecule has 9 heteroatoms. The van der Waals surface area contributed by atoms with Crippen molar-refractivity contribution in [3.05, 3.63) is 0 Å². The first-order valence-corrected chi connectivity index (χ1v) is 10.2. The van der Waals surface area contributed by atoms with Crippen molar-refractivity contribution in [3.63, 3.8) is 0 Å². The van der Waals surface area contributed by atoms with Gasteiger partial charge in [0.15, 0.2) is 0 Å². The summed E-state index contributed by atoms with van der Waals surface area (Å²) in [5.74, 6) is -3.15. The summed E-state index contributed by atoms with van der Waals surface area (Å²) in [5.41, 5.74) is 3.63. The molecule has 0 aromatic carbocycles. The zero-order valence-corrected chi connectivity index (χ0v) is 17.0. The van der Waals surface area contributed by atoms with Gasteiger partial charge in [0.2, 0.25) is 6.79 Å². The molecule has 8 nitrogen and oxygen atoms in total. The summed E-state index contributed by atoms with van der Waals surface area (Å²) in [7, 11) is 0. The largest absolute Gasteiger partial charge is 0.511 e. The fourth-order valence-corrected chi connectivity index (χ4v) is 5.20. The van der Waals surface area contributed by atoms with E-state index in [1.165, 1.54) is 0 Å². The predicted octanol–water partition coefficient (Wildman–Crippen LogP) is 2.49. The van der Waals surface area contributed by atoms with Crippen LogP contribution >= 0.6 is 0 Å². The van der Waals surface area contributed by atoms with Crippen molar-refractivity contribution in [3.8, 4) is 0 Å². The number of fused-ring (bicyclic) bond motifs is 1. The first kappa shape index (κ1) is 21.8. The highest BCUT2D eigenvalue weighted by atomic mass is 19.1. The molecule has 0 aliphatic heterocycles. The van der Waals surface area contributed by atoms with Gasteiger partial charge in [0.05, 0.1) is 5.92 Å². The highest BCUT2D eigenvalue weighted by Crippen LogP contribution is 2.62. The molecule has 3 fully saturated rings. The topological polar surface area (TPSA) is 125 Å². The molecule has 0 spiro atoms. The maximum atomic E-state index is 13.9. The van der Waals surface area contributed by atoms with Crippen LogP contribution in [0.4, 0.5) is 9.18 Å². The molecule has 0 aromatic rings. The van der Waals surface area contributed by atoms with Crippen LogP contribution < -0.4 is 5.73 Å². The number of carboxylic acids is 1. The van der Waals surface area contributed by atoms with E-state index >= 15 is 0 Å². The number of aliphatic carboxylic acids is 1. The highest BCUT2D eigenvalue weighted by Gasteiger charge is 2.74. The van der Waals surface area contributed by atoms with Gasteiger partial charge in [0, 0.05) is 5.92 Å². The summed E-state index contributed by atoms with van der Waals surface area (Å²) in [6, 6.07) is 0. The Labute approximate surface area is 169 Å². The van der Waals surface area contributed by atoms with Crippen LogP contribution in [0.25, 0.3) is 0 Å². The van der Waals surface area contributed by atoms with E-state index in [2.05, 4.69) is 20.8 Å². The molecule has 0 heterocycles. The van der Waals surface area contributed by atoms with Crippen LogP contribution in [0.5, 0.6) is 0 Å². The molecule has 164 valence electrons. The molecule has 3 aliphatic rings. The van der Waals surface area contributed by atoms with E-state index in [4.69, 9.17) is 19.9 Å². The first-order valence-electron chi connectivity index (χ1n) is 10.2. The van der Waals surface area contributed by atoms with Crippen LogP contribution in [0.1, 0.15) is 46.5 Å². The number of carbonyl (C=O) groups is 3. The number of hydrogen-bond donors (Lipinski definition) is 2. The lowest BCUT2D eigenvalue weighted by molar-refractivity contribution is -0.158. The molecule has 0 aromatic heterocycles. The quantitative estimate of drug-likeness (QED) is 0.501. The molecule has 3 rings (SSSR count). The van der Waals surface area contributed by atoms with Crippen molar-refractivity contribution < 1.29 is 38.1 Å². The Bertz CT molecular complexity index is 671. The van der Waals surface area contributed by atoms with Crippen molar-refractivity contribution in [1.29, 1.82) is 0 Å². The Kier molecular flexibility index (Phi) is 6.08. The van der Waals surface area contributed by atoms with E-state index in [1.807, 2.05) is 0 Å². The summed E-state index contributed by atoms with van der Waals surface area (Å²) in [5, 5.41) is 9.22. The zero-order valence-electron chi connectivity index (χ0n) is 17.0. The van der Waals surface area contributed by atoms with Gasteiger partial charge in [-0.25, -0.2) is 9.18 Å². The van der Waals surface area contributed by atoms with Gasteiger partial charge >= 0.3 is 18.1 Å². The van der Waals surface area contributed by atoms with Gasteiger partial charge in [-0.3, -0.25) is 9.59 Å². The third-order valence-corrected chi connectivity index (χ3v) is 6.95. The van der Waals surface area contributed by atoms with Crippen LogP contribution in [0.2, 0.25) is 0 Å². The third-order valence-electron chi connectivity index (χ3n) is 6.95. The normalized spacial score (nSPS) is 40.8. The second-order valence-electron chi connectivity index (χ2n) is 9.11. The molecular formula is C20H30FNO7. The van der Waals surface area contributed by atoms with E-state index in [0.717, 1.165) is 19.3 Å². The number of ether oxygens (including phenoxy) is 3. The Morgan fingerprint density at radius 1 is 1.21 bits per heavy atom. The Hall–Kier alpha value is -1.90. The molecular weight excluding hydrogens is 385 g/mol. The summed E-state index contributed by atoms with van der Waals surface area (Å²) >= 11 is 0. The molecule has 8 atom stereocenters. The highest BCUT2D eigenvalue weighted by molar-refractivity contribution is 5.86. The summed E-state index contributed by atoms with van der Waals surface area (Å²) in [6.45, 7) is 5.66. The van der Waals surface area contributed by atoms with Crippen molar-refractivity contribution in [2.45, 2.75) is 64.3 Å². The minimum absolute atomic E-state index is 0.0907. The lowest BCUT2D eigenvalue weighted by Crippen LogP contribution is -2.56. The van der Waals surface area contributed by atoms with E-state index in [1.54, 1.807) is 0 Å². The van der Waals surface area contributed by atoms with E-state index in [0.29, 0.717) is 11.8 Å². The van der Waals surface area contributed by atoms with Gasteiger partial charge < -0.3 is 25.1 Å². The summed E-state index contributed by atoms with van der Waals surface area (Å²) in [6.07, 6.45) is -0.0835. The molecule has 0 saturated heterocycles.